The zero-order valence-electron chi connectivity index (χ0n) is 24.0. The molecule has 0 spiro atoms. The van der Waals surface area contributed by atoms with Crippen molar-refractivity contribution in [3.63, 3.8) is 0 Å². The van der Waals surface area contributed by atoms with Crippen LogP contribution in [0.25, 0.3) is 0 Å². The molecular formula is C31H34F3N3O5S. The van der Waals surface area contributed by atoms with Gasteiger partial charge >= 0.3 is 6.18 Å². The SMILES string of the molecule is CCS(=O)(=O)c1ccc([C@H](CO)NC(=O)c2ccc(N3CC(c4ccc(C(F)(F)F)cc4)C[C@H]3C(=O)N(C)C)cc2)cc1. The first-order valence-corrected chi connectivity index (χ1v) is 15.4. The van der Waals surface area contributed by atoms with Gasteiger partial charge in [0.05, 0.1) is 28.9 Å². The summed E-state index contributed by atoms with van der Waals surface area (Å²) in [5.74, 6) is -0.816. The van der Waals surface area contributed by atoms with Crippen molar-refractivity contribution < 1.29 is 36.3 Å². The highest BCUT2D eigenvalue weighted by molar-refractivity contribution is 7.91. The van der Waals surface area contributed by atoms with E-state index < -0.39 is 46.2 Å². The van der Waals surface area contributed by atoms with Crippen LogP contribution < -0.4 is 10.2 Å². The van der Waals surface area contributed by atoms with E-state index in [1.54, 1.807) is 57.4 Å². The zero-order chi connectivity index (χ0) is 31.5. The summed E-state index contributed by atoms with van der Waals surface area (Å²) in [4.78, 5) is 29.6. The van der Waals surface area contributed by atoms with Gasteiger partial charge in [0, 0.05) is 37.8 Å². The first-order valence-electron chi connectivity index (χ1n) is 13.7. The van der Waals surface area contributed by atoms with Crippen molar-refractivity contribution in [3.05, 3.63) is 95.1 Å². The lowest BCUT2D eigenvalue weighted by molar-refractivity contribution is -0.137. The largest absolute Gasteiger partial charge is 0.416 e. The van der Waals surface area contributed by atoms with E-state index in [1.165, 1.54) is 29.2 Å². The zero-order valence-corrected chi connectivity index (χ0v) is 24.8. The highest BCUT2D eigenvalue weighted by Crippen LogP contribution is 2.37. The lowest BCUT2D eigenvalue weighted by Gasteiger charge is -2.28. The second-order valence-electron chi connectivity index (χ2n) is 10.7. The predicted octanol–water partition coefficient (Wildman–Crippen LogP) is 4.41. The third-order valence-corrected chi connectivity index (χ3v) is 9.46. The van der Waals surface area contributed by atoms with E-state index in [1.807, 2.05) is 4.90 Å². The summed E-state index contributed by atoms with van der Waals surface area (Å²) < 4.78 is 63.3. The fourth-order valence-electron chi connectivity index (χ4n) is 5.19. The fraction of sp³-hybridized carbons (Fsp3) is 0.355. The molecular weight excluding hydrogens is 583 g/mol. The van der Waals surface area contributed by atoms with Gasteiger partial charge in [-0.25, -0.2) is 8.42 Å². The molecule has 2 amide bonds. The number of carbonyl (C=O) groups excluding carboxylic acids is 2. The molecule has 0 aromatic heterocycles. The third kappa shape index (κ3) is 7.19. The molecule has 0 aliphatic carbocycles. The Balaban J connectivity index is 1.50. The number of rotatable bonds is 9. The Morgan fingerprint density at radius 3 is 2.12 bits per heavy atom. The molecule has 43 heavy (non-hydrogen) atoms. The summed E-state index contributed by atoms with van der Waals surface area (Å²) in [6, 6.07) is 16.3. The first kappa shape index (κ1) is 32.0. The summed E-state index contributed by atoms with van der Waals surface area (Å²) >= 11 is 0. The number of alkyl halides is 3. The number of anilines is 1. The van der Waals surface area contributed by atoms with Crippen LogP contribution in [-0.2, 0) is 20.8 Å². The van der Waals surface area contributed by atoms with Crippen molar-refractivity contribution in [2.45, 2.75) is 42.4 Å². The number of carbonyl (C=O) groups is 2. The summed E-state index contributed by atoms with van der Waals surface area (Å²) in [6.07, 6.45) is -4.02. The monoisotopic (exact) mass is 617 g/mol. The van der Waals surface area contributed by atoms with Gasteiger partial charge in [-0.1, -0.05) is 31.2 Å². The Hall–Kier alpha value is -3.90. The quantitative estimate of drug-likeness (QED) is 0.369. The van der Waals surface area contributed by atoms with E-state index in [2.05, 4.69) is 5.32 Å². The van der Waals surface area contributed by atoms with Crippen molar-refractivity contribution >= 4 is 27.3 Å². The number of aliphatic hydroxyl groups excluding tert-OH is 1. The molecule has 4 rings (SSSR count). The van der Waals surface area contributed by atoms with Crippen molar-refractivity contribution in [1.29, 1.82) is 0 Å². The number of nitrogens with zero attached hydrogens (tertiary/aromatic N) is 2. The number of sulfone groups is 1. The van der Waals surface area contributed by atoms with Crippen LogP contribution in [-0.4, -0.2) is 69.3 Å². The van der Waals surface area contributed by atoms with Gasteiger partial charge in [-0.2, -0.15) is 13.2 Å². The van der Waals surface area contributed by atoms with E-state index >= 15 is 0 Å². The predicted molar refractivity (Wildman–Crippen MR) is 157 cm³/mol. The Bertz CT molecular complexity index is 1540. The molecule has 1 fully saturated rings. The minimum absolute atomic E-state index is 0.0420. The molecule has 1 heterocycles. The van der Waals surface area contributed by atoms with Gasteiger partial charge < -0.3 is 20.2 Å². The molecule has 1 unspecified atom stereocenters. The lowest BCUT2D eigenvalue weighted by Crippen LogP contribution is -2.42. The number of likely N-dealkylation sites (N-methyl/N-ethyl adjacent to an activating group) is 1. The van der Waals surface area contributed by atoms with E-state index in [0.717, 1.165) is 12.1 Å². The van der Waals surface area contributed by atoms with Gasteiger partial charge in [0.1, 0.15) is 6.04 Å². The summed E-state index contributed by atoms with van der Waals surface area (Å²) in [5, 5.41) is 12.7. The number of aliphatic hydroxyl groups is 1. The number of hydrogen-bond donors (Lipinski definition) is 2. The van der Waals surface area contributed by atoms with E-state index in [0.29, 0.717) is 35.3 Å². The normalized spacial score (nSPS) is 17.9. The minimum atomic E-state index is -4.43. The molecule has 0 saturated carbocycles. The van der Waals surface area contributed by atoms with Crippen LogP contribution in [0.4, 0.5) is 18.9 Å². The maximum Gasteiger partial charge on any atom is 0.416 e. The maximum absolute atomic E-state index is 13.1. The van der Waals surface area contributed by atoms with Crippen LogP contribution in [0, 0.1) is 0 Å². The van der Waals surface area contributed by atoms with Crippen molar-refractivity contribution in [2.24, 2.45) is 0 Å². The fourth-order valence-corrected chi connectivity index (χ4v) is 6.08. The van der Waals surface area contributed by atoms with E-state index in [4.69, 9.17) is 0 Å². The number of hydrogen-bond acceptors (Lipinski definition) is 6. The van der Waals surface area contributed by atoms with Gasteiger partial charge in [-0.05, 0) is 66.1 Å². The Kier molecular flexibility index (Phi) is 9.50. The topological polar surface area (TPSA) is 107 Å². The number of halogens is 3. The molecule has 1 aliphatic rings. The Labute approximate surface area is 249 Å². The maximum atomic E-state index is 13.1. The first-order chi connectivity index (χ1) is 20.2. The molecule has 0 radical (unpaired) electrons. The highest BCUT2D eigenvalue weighted by atomic mass is 32.2. The molecule has 3 aromatic carbocycles. The number of nitrogens with one attached hydrogen (secondary N) is 1. The van der Waals surface area contributed by atoms with Crippen molar-refractivity contribution in [3.8, 4) is 0 Å². The number of benzene rings is 3. The summed E-state index contributed by atoms with van der Waals surface area (Å²) in [6.45, 7) is 1.54. The highest BCUT2D eigenvalue weighted by Gasteiger charge is 2.39. The van der Waals surface area contributed by atoms with E-state index in [9.17, 15) is 36.3 Å². The minimum Gasteiger partial charge on any atom is -0.394 e. The molecule has 0 bridgehead atoms. The molecule has 1 aliphatic heterocycles. The van der Waals surface area contributed by atoms with Crippen LogP contribution in [0.1, 0.15) is 52.4 Å². The molecule has 8 nitrogen and oxygen atoms in total. The average molecular weight is 618 g/mol. The average Bonchev–Trinajstić information content (AvgIpc) is 3.44. The summed E-state index contributed by atoms with van der Waals surface area (Å²) in [5.41, 5.74) is 1.50. The van der Waals surface area contributed by atoms with Crippen LogP contribution in [0.15, 0.2) is 77.7 Å². The Morgan fingerprint density at radius 1 is 1.00 bits per heavy atom. The smallest absolute Gasteiger partial charge is 0.394 e. The lowest BCUT2D eigenvalue weighted by atomic mass is 9.95. The standard InChI is InChI=1S/C31H34F3N3O5S/c1-4-43(41,42)26-15-9-21(10-16-26)27(19-38)35-29(39)22-7-13-25(14-8-22)37-18-23(17-28(37)30(40)36(2)3)20-5-11-24(12-6-20)31(32,33)34/h5-16,23,27-28,38H,4,17-19H2,1-3H3,(H,35,39)/t23?,27-,28-/m0/s1. The summed E-state index contributed by atoms with van der Waals surface area (Å²) in [7, 11) is -0.0918. The molecule has 230 valence electrons. The van der Waals surface area contributed by atoms with Gasteiger partial charge in [0.15, 0.2) is 9.84 Å². The second-order valence-corrected chi connectivity index (χ2v) is 13.0. The van der Waals surface area contributed by atoms with Crippen LogP contribution in [0.3, 0.4) is 0 Å². The van der Waals surface area contributed by atoms with Crippen LogP contribution in [0.2, 0.25) is 0 Å². The van der Waals surface area contributed by atoms with Crippen LogP contribution >= 0.6 is 0 Å². The molecule has 1 saturated heterocycles. The van der Waals surface area contributed by atoms with Gasteiger partial charge in [0.2, 0.25) is 5.91 Å². The van der Waals surface area contributed by atoms with Gasteiger partial charge in [0.25, 0.3) is 5.91 Å². The number of amides is 2. The Morgan fingerprint density at radius 2 is 1.60 bits per heavy atom. The molecule has 2 N–H and O–H groups in total. The van der Waals surface area contributed by atoms with E-state index in [-0.39, 0.29) is 22.5 Å². The molecule has 3 atom stereocenters. The molecule has 3 aromatic rings. The molecule has 12 heteroatoms. The third-order valence-electron chi connectivity index (χ3n) is 7.71. The van der Waals surface area contributed by atoms with Gasteiger partial charge in [-0.3, -0.25) is 9.59 Å². The van der Waals surface area contributed by atoms with Gasteiger partial charge in [-0.15, -0.1) is 0 Å². The second kappa shape index (κ2) is 12.8. The van der Waals surface area contributed by atoms with Crippen molar-refractivity contribution in [2.75, 3.05) is 37.9 Å². The van der Waals surface area contributed by atoms with Crippen LogP contribution in [0.5, 0.6) is 0 Å². The van der Waals surface area contributed by atoms with Crippen molar-refractivity contribution in [1.82, 2.24) is 10.2 Å².